The van der Waals surface area contributed by atoms with Crippen molar-refractivity contribution in [3.63, 3.8) is 0 Å². The van der Waals surface area contributed by atoms with Gasteiger partial charge in [0.2, 0.25) is 5.95 Å². The van der Waals surface area contributed by atoms with E-state index in [4.69, 9.17) is 16.0 Å². The largest absolute Gasteiger partial charge is 0.467 e. The molecule has 0 bridgehead atoms. The monoisotopic (exact) mass is 449 g/mol. The van der Waals surface area contributed by atoms with Crippen LogP contribution in [-0.4, -0.2) is 27.5 Å². The number of benzene rings is 1. The molecule has 2 N–H and O–H groups in total. The second kappa shape index (κ2) is 7.95. The van der Waals surface area contributed by atoms with Crippen LogP contribution in [0, 0.1) is 0 Å². The zero-order valence-corrected chi connectivity index (χ0v) is 16.8. The standard InChI is InChI=1S/C20H15ClF3N5O2/c1-25-17-8-11(7-16(21)27-17)18(30)28-19-26-14-9-12(20(22,23)24)4-5-15(14)29(19)10-13-3-2-6-31-13/h2-9H,10H2,1H3,(H,25,27)(H,26,28,30). The van der Waals surface area contributed by atoms with Crippen molar-refractivity contribution in [2.45, 2.75) is 12.7 Å². The van der Waals surface area contributed by atoms with Gasteiger partial charge in [-0.25, -0.2) is 9.97 Å². The zero-order chi connectivity index (χ0) is 22.2. The van der Waals surface area contributed by atoms with Gasteiger partial charge in [0.05, 0.1) is 29.4 Å². The number of pyridine rings is 1. The van der Waals surface area contributed by atoms with E-state index in [1.165, 1.54) is 24.5 Å². The minimum atomic E-state index is -4.51. The number of alkyl halides is 3. The molecule has 11 heteroatoms. The average molecular weight is 450 g/mol. The molecule has 0 aliphatic heterocycles. The minimum absolute atomic E-state index is 0.0645. The van der Waals surface area contributed by atoms with Crippen LogP contribution in [-0.2, 0) is 12.7 Å². The van der Waals surface area contributed by atoms with Gasteiger partial charge in [-0.3, -0.25) is 10.1 Å². The van der Waals surface area contributed by atoms with Crippen molar-refractivity contribution in [3.8, 4) is 0 Å². The van der Waals surface area contributed by atoms with Gasteiger partial charge in [-0.2, -0.15) is 13.2 Å². The second-order valence-electron chi connectivity index (χ2n) is 6.57. The Morgan fingerprint density at radius 3 is 2.68 bits per heavy atom. The Hall–Kier alpha value is -3.53. The topological polar surface area (TPSA) is 85.0 Å². The molecule has 31 heavy (non-hydrogen) atoms. The summed E-state index contributed by atoms with van der Waals surface area (Å²) in [6.07, 6.45) is -3.04. The predicted octanol–water partition coefficient (Wildman–Crippen LogP) is 5.04. The lowest BCUT2D eigenvalue weighted by Gasteiger charge is -2.10. The Kier molecular flexibility index (Phi) is 5.32. The summed E-state index contributed by atoms with van der Waals surface area (Å²) in [5.41, 5.74) is -0.138. The van der Waals surface area contributed by atoms with Crippen molar-refractivity contribution < 1.29 is 22.4 Å². The van der Waals surface area contributed by atoms with Crippen molar-refractivity contribution in [2.24, 2.45) is 0 Å². The van der Waals surface area contributed by atoms with Gasteiger partial charge in [0.25, 0.3) is 5.91 Å². The maximum Gasteiger partial charge on any atom is 0.416 e. The van der Waals surface area contributed by atoms with Gasteiger partial charge in [0.1, 0.15) is 16.7 Å². The average Bonchev–Trinajstić information content (AvgIpc) is 3.35. The molecule has 0 atom stereocenters. The van der Waals surface area contributed by atoms with E-state index < -0.39 is 17.6 Å². The number of nitrogens with one attached hydrogen (secondary N) is 2. The van der Waals surface area contributed by atoms with Crippen LogP contribution in [0.1, 0.15) is 21.7 Å². The van der Waals surface area contributed by atoms with Crippen molar-refractivity contribution in [1.29, 1.82) is 0 Å². The summed E-state index contributed by atoms with van der Waals surface area (Å²) < 4.78 is 46.3. The highest BCUT2D eigenvalue weighted by Crippen LogP contribution is 2.32. The van der Waals surface area contributed by atoms with Crippen LogP contribution in [0.5, 0.6) is 0 Å². The van der Waals surface area contributed by atoms with Crippen molar-refractivity contribution >= 4 is 40.3 Å². The van der Waals surface area contributed by atoms with Gasteiger partial charge in [-0.15, -0.1) is 0 Å². The van der Waals surface area contributed by atoms with Crippen LogP contribution < -0.4 is 10.6 Å². The maximum atomic E-state index is 13.1. The number of carbonyl (C=O) groups excluding carboxylic acids is 1. The van der Waals surface area contributed by atoms with Crippen LogP contribution in [0.3, 0.4) is 0 Å². The molecule has 0 saturated carbocycles. The summed E-state index contributed by atoms with van der Waals surface area (Å²) in [7, 11) is 1.63. The third-order valence-electron chi connectivity index (χ3n) is 4.51. The van der Waals surface area contributed by atoms with E-state index in [-0.39, 0.29) is 28.7 Å². The molecule has 0 spiro atoms. The lowest BCUT2D eigenvalue weighted by molar-refractivity contribution is -0.137. The SMILES string of the molecule is CNc1cc(C(=O)Nc2nc3cc(C(F)(F)F)ccc3n2Cc2ccco2)cc(Cl)n1. The molecule has 1 aromatic carbocycles. The smallest absolute Gasteiger partial charge is 0.416 e. The number of aromatic nitrogens is 3. The van der Waals surface area contributed by atoms with Gasteiger partial charge >= 0.3 is 6.18 Å². The number of fused-ring (bicyclic) bond motifs is 1. The van der Waals surface area contributed by atoms with Gasteiger partial charge in [0.15, 0.2) is 0 Å². The fourth-order valence-corrected chi connectivity index (χ4v) is 3.26. The third-order valence-corrected chi connectivity index (χ3v) is 4.70. The van der Waals surface area contributed by atoms with E-state index in [0.29, 0.717) is 17.1 Å². The van der Waals surface area contributed by atoms with E-state index in [1.54, 1.807) is 23.7 Å². The van der Waals surface area contributed by atoms with E-state index in [1.807, 2.05) is 0 Å². The Balaban J connectivity index is 1.76. The number of nitrogens with zero attached hydrogens (tertiary/aromatic N) is 3. The first-order valence-electron chi connectivity index (χ1n) is 9.01. The van der Waals surface area contributed by atoms with E-state index >= 15 is 0 Å². The first kappa shape index (κ1) is 20.7. The molecular weight excluding hydrogens is 435 g/mol. The summed E-state index contributed by atoms with van der Waals surface area (Å²) >= 11 is 5.96. The van der Waals surface area contributed by atoms with Crippen LogP contribution >= 0.6 is 11.6 Å². The van der Waals surface area contributed by atoms with Gasteiger partial charge in [0, 0.05) is 12.6 Å². The number of amides is 1. The molecule has 3 aromatic heterocycles. The normalized spacial score (nSPS) is 11.6. The number of halogens is 4. The Labute approximate surface area is 178 Å². The van der Waals surface area contributed by atoms with Crippen LogP contribution in [0.2, 0.25) is 5.15 Å². The highest BCUT2D eigenvalue weighted by molar-refractivity contribution is 6.30. The van der Waals surface area contributed by atoms with Gasteiger partial charge in [-0.05, 0) is 42.5 Å². The zero-order valence-electron chi connectivity index (χ0n) is 16.0. The van der Waals surface area contributed by atoms with Gasteiger partial charge < -0.3 is 14.3 Å². The summed E-state index contributed by atoms with van der Waals surface area (Å²) in [6.45, 7) is 0.156. The molecule has 7 nitrogen and oxygen atoms in total. The number of carbonyl (C=O) groups is 1. The number of anilines is 2. The van der Waals surface area contributed by atoms with Crippen molar-refractivity contribution in [1.82, 2.24) is 14.5 Å². The van der Waals surface area contributed by atoms with E-state index in [0.717, 1.165) is 12.1 Å². The number of furan rings is 1. The molecule has 0 radical (unpaired) electrons. The predicted molar refractivity (Wildman–Crippen MR) is 109 cm³/mol. The molecule has 0 unspecified atom stereocenters. The van der Waals surface area contributed by atoms with Gasteiger partial charge in [-0.1, -0.05) is 11.6 Å². The van der Waals surface area contributed by atoms with Crippen LogP contribution in [0.25, 0.3) is 11.0 Å². The molecule has 4 rings (SSSR count). The summed E-state index contributed by atoms with van der Waals surface area (Å²) in [5.74, 6) is 0.443. The fraction of sp³-hybridized carbons (Fsp3) is 0.150. The number of imidazole rings is 1. The number of hydrogen-bond donors (Lipinski definition) is 2. The van der Waals surface area contributed by atoms with Crippen molar-refractivity contribution in [2.75, 3.05) is 17.7 Å². The van der Waals surface area contributed by atoms with Crippen LogP contribution in [0.15, 0.2) is 53.1 Å². The third kappa shape index (κ3) is 4.33. The molecule has 1 amide bonds. The maximum absolute atomic E-state index is 13.1. The Morgan fingerprint density at radius 2 is 2.00 bits per heavy atom. The molecule has 0 aliphatic rings. The first-order valence-corrected chi connectivity index (χ1v) is 9.39. The molecule has 0 saturated heterocycles. The van der Waals surface area contributed by atoms with E-state index in [9.17, 15) is 18.0 Å². The molecule has 4 aromatic rings. The lowest BCUT2D eigenvalue weighted by Crippen LogP contribution is -2.17. The Morgan fingerprint density at radius 1 is 1.19 bits per heavy atom. The lowest BCUT2D eigenvalue weighted by atomic mass is 10.2. The number of hydrogen-bond acceptors (Lipinski definition) is 5. The minimum Gasteiger partial charge on any atom is -0.467 e. The van der Waals surface area contributed by atoms with E-state index in [2.05, 4.69) is 20.6 Å². The highest BCUT2D eigenvalue weighted by Gasteiger charge is 2.31. The quantitative estimate of drug-likeness (QED) is 0.417. The fourth-order valence-electron chi connectivity index (χ4n) is 3.05. The summed E-state index contributed by atoms with van der Waals surface area (Å²) in [5, 5.41) is 5.54. The number of rotatable bonds is 5. The Bertz CT molecular complexity index is 1250. The molecule has 0 fully saturated rings. The summed E-state index contributed by atoms with van der Waals surface area (Å²) in [4.78, 5) is 21.0. The summed E-state index contributed by atoms with van der Waals surface area (Å²) in [6, 6.07) is 9.48. The molecule has 160 valence electrons. The van der Waals surface area contributed by atoms with Crippen molar-refractivity contribution in [3.05, 3.63) is 70.8 Å². The molecular formula is C20H15ClF3N5O2. The second-order valence-corrected chi connectivity index (χ2v) is 6.96. The molecule has 0 aliphatic carbocycles. The molecule has 3 heterocycles. The van der Waals surface area contributed by atoms with Crippen LogP contribution in [0.4, 0.5) is 24.9 Å². The first-order chi connectivity index (χ1) is 14.7. The highest BCUT2D eigenvalue weighted by atomic mass is 35.5.